The third kappa shape index (κ3) is 5.46. The zero-order valence-corrected chi connectivity index (χ0v) is 19.4. The van der Waals surface area contributed by atoms with Crippen molar-refractivity contribution in [3.8, 4) is 11.6 Å². The predicted octanol–water partition coefficient (Wildman–Crippen LogP) is 4.92. The van der Waals surface area contributed by atoms with Crippen LogP contribution in [0.1, 0.15) is 17.1 Å². The van der Waals surface area contributed by atoms with Gasteiger partial charge in [-0.1, -0.05) is 6.07 Å². The third-order valence-corrected chi connectivity index (χ3v) is 5.71. The standard InChI is InChI=1S/C23H18F4N4O4S/c1-13-11-16-17(31(13)22(32)29-15-4-2-3-14(12-15)23(25,26)27)5-6-18(21(16)24)35-20-7-9-28-19(30-20)8-10-36(33)34/h2-7,9,11-12,36H,8,10H2,1H3,(H,29,32). The molecule has 0 aliphatic heterocycles. The number of nitrogens with one attached hydrogen (secondary N) is 1. The van der Waals surface area contributed by atoms with E-state index in [0.29, 0.717) is 5.69 Å². The van der Waals surface area contributed by atoms with Crippen LogP contribution in [0, 0.1) is 12.7 Å². The number of alkyl halides is 3. The highest BCUT2D eigenvalue weighted by Crippen LogP contribution is 2.33. The Kier molecular flexibility index (Phi) is 6.93. The normalized spacial score (nSPS) is 11.7. The Hall–Kier alpha value is -4.00. The summed E-state index contributed by atoms with van der Waals surface area (Å²) in [6, 6.07) is 8.88. The summed E-state index contributed by atoms with van der Waals surface area (Å²) in [6.07, 6.45) is -3.15. The summed E-state index contributed by atoms with van der Waals surface area (Å²) < 4.78 is 82.4. The number of benzene rings is 2. The minimum atomic E-state index is -4.57. The summed E-state index contributed by atoms with van der Waals surface area (Å²) >= 11 is 0. The summed E-state index contributed by atoms with van der Waals surface area (Å²) in [4.78, 5) is 20.9. The quantitative estimate of drug-likeness (QED) is 0.275. The second kappa shape index (κ2) is 9.93. The van der Waals surface area contributed by atoms with Gasteiger partial charge in [-0.15, -0.1) is 0 Å². The van der Waals surface area contributed by atoms with Gasteiger partial charge in [0.25, 0.3) is 0 Å². The number of halogens is 4. The number of hydrogen-bond donors (Lipinski definition) is 2. The van der Waals surface area contributed by atoms with Crippen molar-refractivity contribution < 1.29 is 35.5 Å². The highest BCUT2D eigenvalue weighted by molar-refractivity contribution is 7.72. The van der Waals surface area contributed by atoms with Crippen LogP contribution in [0.15, 0.2) is 54.7 Å². The van der Waals surface area contributed by atoms with Crippen LogP contribution in [0.25, 0.3) is 10.9 Å². The van der Waals surface area contributed by atoms with E-state index in [4.69, 9.17) is 4.74 Å². The molecule has 1 N–H and O–H groups in total. The van der Waals surface area contributed by atoms with Crippen molar-refractivity contribution in [2.45, 2.75) is 19.5 Å². The summed E-state index contributed by atoms with van der Waals surface area (Å²) in [5, 5.41) is 2.44. The molecular weight excluding hydrogens is 504 g/mol. The van der Waals surface area contributed by atoms with E-state index in [9.17, 15) is 26.4 Å². The molecule has 4 rings (SSSR count). The fourth-order valence-electron chi connectivity index (χ4n) is 3.52. The van der Waals surface area contributed by atoms with E-state index < -0.39 is 34.3 Å². The average molecular weight is 522 g/mol. The van der Waals surface area contributed by atoms with Gasteiger partial charge in [0.2, 0.25) is 5.88 Å². The first-order valence-electron chi connectivity index (χ1n) is 10.4. The Bertz CT molecular complexity index is 1520. The van der Waals surface area contributed by atoms with Gasteiger partial charge in [-0.2, -0.15) is 18.2 Å². The van der Waals surface area contributed by atoms with E-state index in [0.717, 1.165) is 16.7 Å². The summed E-state index contributed by atoms with van der Waals surface area (Å²) in [6.45, 7) is 1.54. The van der Waals surface area contributed by atoms with E-state index >= 15 is 4.39 Å². The Morgan fingerprint density at radius 1 is 1.14 bits per heavy atom. The molecule has 0 radical (unpaired) electrons. The first kappa shape index (κ1) is 25.1. The molecule has 0 bridgehead atoms. The molecular formula is C23H18F4N4O4S. The molecule has 0 spiro atoms. The van der Waals surface area contributed by atoms with Gasteiger partial charge < -0.3 is 10.1 Å². The van der Waals surface area contributed by atoms with Gasteiger partial charge in [0, 0.05) is 35.5 Å². The van der Waals surface area contributed by atoms with E-state index in [1.807, 2.05) is 0 Å². The Balaban J connectivity index is 1.60. The number of carbonyl (C=O) groups excluding carboxylic acids is 1. The number of fused-ring (bicyclic) bond motifs is 1. The maximum absolute atomic E-state index is 15.3. The molecule has 2 heterocycles. The van der Waals surface area contributed by atoms with Gasteiger partial charge in [0.1, 0.15) is 16.5 Å². The smallest absolute Gasteiger partial charge is 0.416 e. The maximum atomic E-state index is 15.3. The third-order valence-electron chi connectivity index (χ3n) is 5.12. The number of ether oxygens (including phenoxy) is 1. The monoisotopic (exact) mass is 522 g/mol. The lowest BCUT2D eigenvalue weighted by atomic mass is 10.2. The largest absolute Gasteiger partial charge is 0.436 e. The number of hydrogen-bond acceptors (Lipinski definition) is 6. The second-order valence-electron chi connectivity index (χ2n) is 7.66. The Morgan fingerprint density at radius 2 is 1.92 bits per heavy atom. The molecule has 0 aliphatic rings. The Morgan fingerprint density at radius 3 is 2.64 bits per heavy atom. The highest BCUT2D eigenvalue weighted by Gasteiger charge is 2.30. The zero-order chi connectivity index (χ0) is 26.0. The van der Waals surface area contributed by atoms with Gasteiger partial charge in [-0.3, -0.25) is 4.57 Å². The minimum Gasteiger partial charge on any atom is -0.436 e. The number of nitrogens with zero attached hydrogens (tertiary/aromatic N) is 3. The molecule has 0 saturated carbocycles. The van der Waals surface area contributed by atoms with Gasteiger partial charge in [-0.25, -0.2) is 22.6 Å². The molecule has 0 unspecified atom stereocenters. The highest BCUT2D eigenvalue weighted by atomic mass is 32.2. The van der Waals surface area contributed by atoms with Gasteiger partial charge in [0.05, 0.1) is 16.8 Å². The molecule has 4 aromatic rings. The molecule has 8 nitrogen and oxygen atoms in total. The van der Waals surface area contributed by atoms with Crippen molar-refractivity contribution in [2.75, 3.05) is 11.1 Å². The molecule has 13 heteroatoms. The number of amides is 1. The molecule has 36 heavy (non-hydrogen) atoms. The van der Waals surface area contributed by atoms with E-state index in [1.54, 1.807) is 6.92 Å². The van der Waals surface area contributed by atoms with Gasteiger partial charge in [-0.05, 0) is 43.3 Å². The number of rotatable bonds is 6. The summed E-state index contributed by atoms with van der Waals surface area (Å²) in [5.41, 5.74) is -0.486. The first-order valence-corrected chi connectivity index (χ1v) is 11.8. The van der Waals surface area contributed by atoms with Crippen molar-refractivity contribution in [1.82, 2.24) is 14.5 Å². The van der Waals surface area contributed by atoms with Gasteiger partial charge >= 0.3 is 12.2 Å². The predicted molar refractivity (Wildman–Crippen MR) is 123 cm³/mol. The number of anilines is 1. The number of thiol groups is 1. The van der Waals surface area contributed by atoms with Crippen molar-refractivity contribution >= 4 is 33.3 Å². The van der Waals surface area contributed by atoms with Crippen LogP contribution >= 0.6 is 0 Å². The maximum Gasteiger partial charge on any atom is 0.416 e. The van der Waals surface area contributed by atoms with E-state index in [-0.39, 0.29) is 46.2 Å². The topological polar surface area (TPSA) is 103 Å². The van der Waals surface area contributed by atoms with Crippen molar-refractivity contribution in [2.24, 2.45) is 0 Å². The second-order valence-corrected chi connectivity index (χ2v) is 8.77. The van der Waals surface area contributed by atoms with Crippen LogP contribution in [0.3, 0.4) is 0 Å². The Labute approximate surface area is 203 Å². The first-order chi connectivity index (χ1) is 17.0. The lowest BCUT2D eigenvalue weighted by Gasteiger charge is -2.12. The molecule has 2 aromatic carbocycles. The van der Waals surface area contributed by atoms with Crippen LogP contribution < -0.4 is 10.1 Å². The van der Waals surface area contributed by atoms with Crippen LogP contribution in [0.5, 0.6) is 11.6 Å². The van der Waals surface area contributed by atoms with Crippen LogP contribution in [-0.2, 0) is 23.3 Å². The van der Waals surface area contributed by atoms with Crippen LogP contribution in [0.2, 0.25) is 0 Å². The number of carbonyl (C=O) groups is 1. The molecule has 1 amide bonds. The lowest BCUT2D eigenvalue weighted by molar-refractivity contribution is -0.137. The SMILES string of the molecule is Cc1cc2c(F)c(Oc3ccnc(CC[SH](=O)=O)n3)ccc2n1C(=O)Nc1cccc(C(F)(F)F)c1. The number of aryl methyl sites for hydroxylation is 2. The van der Waals surface area contributed by atoms with E-state index in [1.165, 1.54) is 42.6 Å². The lowest BCUT2D eigenvalue weighted by Crippen LogP contribution is -2.20. The average Bonchev–Trinajstić information content (AvgIpc) is 3.16. The van der Waals surface area contributed by atoms with Crippen molar-refractivity contribution in [1.29, 1.82) is 0 Å². The van der Waals surface area contributed by atoms with Crippen molar-refractivity contribution in [3.05, 3.63) is 77.6 Å². The van der Waals surface area contributed by atoms with Crippen LogP contribution in [-0.4, -0.2) is 34.7 Å². The van der Waals surface area contributed by atoms with Crippen molar-refractivity contribution in [3.63, 3.8) is 0 Å². The molecule has 188 valence electrons. The number of aromatic nitrogens is 3. The molecule has 0 fully saturated rings. The summed E-state index contributed by atoms with van der Waals surface area (Å²) in [7, 11) is -2.60. The zero-order valence-electron chi connectivity index (χ0n) is 18.5. The van der Waals surface area contributed by atoms with Crippen LogP contribution in [0.4, 0.5) is 28.0 Å². The summed E-state index contributed by atoms with van der Waals surface area (Å²) in [5.74, 6) is -0.921. The van der Waals surface area contributed by atoms with E-state index in [2.05, 4.69) is 15.3 Å². The molecule has 0 saturated heterocycles. The fraction of sp³-hybridized carbons (Fsp3) is 0.174. The molecule has 0 atom stereocenters. The molecule has 0 aliphatic carbocycles. The molecule has 2 aromatic heterocycles. The van der Waals surface area contributed by atoms with Gasteiger partial charge in [0.15, 0.2) is 11.6 Å². The minimum absolute atomic E-state index is 0.00202. The fourth-order valence-corrected chi connectivity index (χ4v) is 3.90.